The summed E-state index contributed by atoms with van der Waals surface area (Å²) >= 11 is 1.42. The molecule has 1 aliphatic carbocycles. The molecule has 2 aliphatic rings. The predicted molar refractivity (Wildman–Crippen MR) is 123 cm³/mol. The number of benzene rings is 1. The lowest BCUT2D eigenvalue weighted by atomic mass is 9.98. The van der Waals surface area contributed by atoms with Crippen LogP contribution in [0.15, 0.2) is 34.2 Å². The monoisotopic (exact) mass is 439 g/mol. The van der Waals surface area contributed by atoms with Crippen molar-refractivity contribution in [3.05, 3.63) is 34.6 Å². The molecule has 2 aromatic heterocycles. The predicted octanol–water partition coefficient (Wildman–Crippen LogP) is 4.04. The molecular weight excluding hydrogens is 410 g/mol. The van der Waals surface area contributed by atoms with Crippen LogP contribution in [0.25, 0.3) is 16.7 Å². The lowest BCUT2D eigenvalue weighted by molar-refractivity contribution is -0.134. The molecular formula is C23H29N5O2S. The van der Waals surface area contributed by atoms with Crippen LogP contribution >= 0.6 is 11.8 Å². The lowest BCUT2D eigenvalue weighted by Crippen LogP contribution is -2.48. The molecule has 0 N–H and O–H groups in total. The Morgan fingerprint density at radius 2 is 1.74 bits per heavy atom. The van der Waals surface area contributed by atoms with Gasteiger partial charge in [0.15, 0.2) is 5.16 Å². The van der Waals surface area contributed by atoms with Crippen molar-refractivity contribution < 1.29 is 4.79 Å². The minimum Gasteiger partial charge on any atom is -0.337 e. The van der Waals surface area contributed by atoms with Gasteiger partial charge in [0, 0.05) is 18.1 Å². The quantitative estimate of drug-likeness (QED) is 0.574. The highest BCUT2D eigenvalue weighted by Gasteiger charge is 2.30. The minimum absolute atomic E-state index is 0.00555. The van der Waals surface area contributed by atoms with E-state index in [9.17, 15) is 9.59 Å². The number of rotatable bonds is 4. The van der Waals surface area contributed by atoms with Crippen molar-refractivity contribution in [1.82, 2.24) is 24.1 Å². The van der Waals surface area contributed by atoms with Gasteiger partial charge in [-0.2, -0.15) is 0 Å². The van der Waals surface area contributed by atoms with Crippen LogP contribution in [-0.4, -0.2) is 47.8 Å². The summed E-state index contributed by atoms with van der Waals surface area (Å²) in [5.74, 6) is 1.06. The molecule has 3 aromatic rings. The maximum absolute atomic E-state index is 13.3. The Labute approximate surface area is 185 Å². The standard InChI is InChI=1S/C23H29N5O2S/c1-15-8-7-9-16(2)26(15)20(29)14-31-23-25-24-22-27(17-10-3-4-11-17)21(30)18-12-5-6-13-19(18)28(22)23/h5-6,12-13,15-17H,3-4,7-11,14H2,1-2H3/t15-,16-/m0/s1. The fourth-order valence-corrected chi connectivity index (χ4v) is 6.21. The molecule has 31 heavy (non-hydrogen) atoms. The second-order valence-electron chi connectivity index (χ2n) is 8.97. The summed E-state index contributed by atoms with van der Waals surface area (Å²) in [6, 6.07) is 8.36. The van der Waals surface area contributed by atoms with E-state index in [-0.39, 0.29) is 29.6 Å². The number of para-hydroxylation sites is 1. The highest BCUT2D eigenvalue weighted by atomic mass is 32.2. The molecule has 164 valence electrons. The van der Waals surface area contributed by atoms with E-state index in [1.807, 2.05) is 38.1 Å². The van der Waals surface area contributed by atoms with Crippen molar-refractivity contribution in [3.8, 4) is 0 Å². The molecule has 0 spiro atoms. The second kappa shape index (κ2) is 8.30. The molecule has 0 unspecified atom stereocenters. The first-order valence-electron chi connectivity index (χ1n) is 11.4. The topological polar surface area (TPSA) is 72.5 Å². The highest BCUT2D eigenvalue weighted by Crippen LogP contribution is 2.32. The first-order valence-corrected chi connectivity index (χ1v) is 12.4. The normalized spacial score (nSPS) is 22.6. The van der Waals surface area contributed by atoms with Crippen molar-refractivity contribution >= 4 is 34.3 Å². The average Bonchev–Trinajstić information content (AvgIpc) is 3.43. The SMILES string of the molecule is C[C@H]1CCC[C@H](C)N1C(=O)CSc1nnc2n(C3CCCC3)c(=O)c3ccccc3n12. The zero-order chi connectivity index (χ0) is 21.5. The summed E-state index contributed by atoms with van der Waals surface area (Å²) in [5, 5.41) is 10.2. The van der Waals surface area contributed by atoms with Crippen LogP contribution in [0.4, 0.5) is 0 Å². The van der Waals surface area contributed by atoms with Gasteiger partial charge in [0.05, 0.1) is 16.7 Å². The van der Waals surface area contributed by atoms with E-state index in [1.54, 1.807) is 0 Å². The van der Waals surface area contributed by atoms with E-state index >= 15 is 0 Å². The summed E-state index contributed by atoms with van der Waals surface area (Å²) in [6.07, 6.45) is 7.55. The fraction of sp³-hybridized carbons (Fsp3) is 0.565. The van der Waals surface area contributed by atoms with E-state index in [2.05, 4.69) is 24.0 Å². The Morgan fingerprint density at radius 3 is 2.48 bits per heavy atom. The number of carbonyl (C=O) groups is 1. The molecule has 0 bridgehead atoms. The van der Waals surface area contributed by atoms with E-state index in [0.717, 1.165) is 44.0 Å². The molecule has 8 heteroatoms. The maximum Gasteiger partial charge on any atom is 0.263 e. The highest BCUT2D eigenvalue weighted by molar-refractivity contribution is 7.99. The molecule has 1 amide bonds. The van der Waals surface area contributed by atoms with E-state index < -0.39 is 0 Å². The summed E-state index contributed by atoms with van der Waals surface area (Å²) in [6.45, 7) is 4.27. The van der Waals surface area contributed by atoms with Gasteiger partial charge in [0.2, 0.25) is 11.7 Å². The summed E-state index contributed by atoms with van der Waals surface area (Å²) in [5.41, 5.74) is 0.808. The van der Waals surface area contributed by atoms with Crippen LogP contribution in [0.1, 0.15) is 64.8 Å². The summed E-state index contributed by atoms with van der Waals surface area (Å²) in [4.78, 5) is 28.4. The Kier molecular flexibility index (Phi) is 5.50. The fourth-order valence-electron chi connectivity index (χ4n) is 5.40. The summed E-state index contributed by atoms with van der Waals surface area (Å²) < 4.78 is 3.80. The third-order valence-corrected chi connectivity index (χ3v) is 7.84. The van der Waals surface area contributed by atoms with Gasteiger partial charge in [-0.1, -0.05) is 36.7 Å². The number of thioether (sulfide) groups is 1. The third kappa shape index (κ3) is 3.54. The van der Waals surface area contributed by atoms with Crippen LogP contribution in [0.5, 0.6) is 0 Å². The molecule has 1 saturated heterocycles. The molecule has 0 radical (unpaired) electrons. The van der Waals surface area contributed by atoms with Gasteiger partial charge < -0.3 is 4.90 Å². The molecule has 7 nitrogen and oxygen atoms in total. The van der Waals surface area contributed by atoms with Gasteiger partial charge in [0.25, 0.3) is 5.56 Å². The molecule has 1 aromatic carbocycles. The largest absolute Gasteiger partial charge is 0.337 e. The van der Waals surface area contributed by atoms with Crippen molar-refractivity contribution in [1.29, 1.82) is 0 Å². The number of carbonyl (C=O) groups excluding carboxylic acids is 1. The number of fused-ring (bicyclic) bond motifs is 3. The Hall–Kier alpha value is -2.35. The smallest absolute Gasteiger partial charge is 0.263 e. The Morgan fingerprint density at radius 1 is 1.03 bits per heavy atom. The lowest BCUT2D eigenvalue weighted by Gasteiger charge is -2.39. The van der Waals surface area contributed by atoms with Gasteiger partial charge in [-0.3, -0.25) is 18.6 Å². The van der Waals surface area contributed by atoms with Gasteiger partial charge in [-0.15, -0.1) is 10.2 Å². The van der Waals surface area contributed by atoms with Gasteiger partial charge >= 0.3 is 0 Å². The number of hydrogen-bond acceptors (Lipinski definition) is 5. The van der Waals surface area contributed by atoms with Crippen LogP contribution in [-0.2, 0) is 4.79 Å². The maximum atomic E-state index is 13.3. The molecule has 1 aliphatic heterocycles. The molecule has 2 fully saturated rings. The molecule has 3 heterocycles. The Balaban J connectivity index is 1.53. The van der Waals surface area contributed by atoms with Crippen LogP contribution in [0.2, 0.25) is 0 Å². The number of hydrogen-bond donors (Lipinski definition) is 0. The number of piperidine rings is 1. The first kappa shape index (κ1) is 20.5. The van der Waals surface area contributed by atoms with Gasteiger partial charge in [-0.25, -0.2) is 0 Å². The van der Waals surface area contributed by atoms with Crippen molar-refractivity contribution in [2.75, 3.05) is 5.75 Å². The third-order valence-electron chi connectivity index (χ3n) is 6.92. The first-order chi connectivity index (χ1) is 15.1. The number of amides is 1. The molecule has 1 saturated carbocycles. The van der Waals surface area contributed by atoms with Crippen molar-refractivity contribution in [3.63, 3.8) is 0 Å². The summed E-state index contributed by atoms with van der Waals surface area (Å²) in [7, 11) is 0. The number of likely N-dealkylation sites (tertiary alicyclic amines) is 1. The van der Waals surface area contributed by atoms with Crippen LogP contribution < -0.4 is 5.56 Å². The van der Waals surface area contributed by atoms with Gasteiger partial charge in [-0.05, 0) is 58.1 Å². The van der Waals surface area contributed by atoms with Crippen molar-refractivity contribution in [2.24, 2.45) is 0 Å². The zero-order valence-electron chi connectivity index (χ0n) is 18.2. The number of nitrogens with zero attached hydrogens (tertiary/aromatic N) is 5. The van der Waals surface area contributed by atoms with Crippen LogP contribution in [0, 0.1) is 0 Å². The minimum atomic E-state index is 0.00555. The Bertz CT molecular complexity index is 1170. The van der Waals surface area contributed by atoms with E-state index in [4.69, 9.17) is 0 Å². The second-order valence-corrected chi connectivity index (χ2v) is 9.91. The molecule has 2 atom stereocenters. The van der Waals surface area contributed by atoms with Crippen LogP contribution in [0.3, 0.4) is 0 Å². The zero-order valence-corrected chi connectivity index (χ0v) is 19.0. The van der Waals surface area contributed by atoms with Gasteiger partial charge in [0.1, 0.15) is 0 Å². The van der Waals surface area contributed by atoms with E-state index in [0.29, 0.717) is 22.1 Å². The molecule has 5 rings (SSSR count). The van der Waals surface area contributed by atoms with E-state index in [1.165, 1.54) is 18.2 Å². The van der Waals surface area contributed by atoms with Crippen molar-refractivity contribution in [2.45, 2.75) is 82.1 Å². The average molecular weight is 440 g/mol. The number of aromatic nitrogens is 4.